The SMILES string of the molecule is OSOSOS. The number of hydrogen-bond donors (Lipinski definition) is 2. The molecule has 0 aromatic rings. The second kappa shape index (κ2) is 5.93. The Hall–Kier alpha value is 0.930. The van der Waals surface area contributed by atoms with E-state index in [0.29, 0.717) is 12.3 Å². The van der Waals surface area contributed by atoms with E-state index in [1.54, 1.807) is 0 Å². The maximum atomic E-state index is 7.76. The summed E-state index contributed by atoms with van der Waals surface area (Å²) >= 11 is 4.07. The van der Waals surface area contributed by atoms with E-state index in [2.05, 4.69) is 20.2 Å². The van der Waals surface area contributed by atoms with E-state index in [-0.39, 0.29) is 12.3 Å². The highest BCUT2D eigenvalue weighted by Gasteiger charge is 1.79. The summed E-state index contributed by atoms with van der Waals surface area (Å²) in [6.45, 7) is 0. The third kappa shape index (κ3) is 4.93. The summed E-state index contributed by atoms with van der Waals surface area (Å²) in [7, 11) is 0. The third-order valence-corrected chi connectivity index (χ3v) is 0.798. The predicted molar refractivity (Wildman–Crippen MR) is 29.0 cm³/mol. The fourth-order valence-corrected chi connectivity index (χ4v) is 0.447. The molecular weight excluding hydrogens is 144 g/mol. The molecule has 0 radical (unpaired) electrons. The molecule has 0 rings (SSSR count). The van der Waals surface area contributed by atoms with Gasteiger partial charge in [-0.2, -0.15) is 3.63 Å². The Bertz CT molecular complexity index is 18.0. The first-order valence-electron chi connectivity index (χ1n) is 0.865. The zero-order chi connectivity index (χ0) is 4.83. The third-order valence-electron chi connectivity index (χ3n) is 0.0886. The average molecular weight is 146 g/mol. The van der Waals surface area contributed by atoms with Crippen LogP contribution in [0.1, 0.15) is 0 Å². The van der Waals surface area contributed by atoms with Gasteiger partial charge in [-0.15, -0.1) is 0 Å². The number of hydrogen-bond acceptors (Lipinski definition) is 6. The van der Waals surface area contributed by atoms with E-state index in [1.807, 2.05) is 0 Å². The Morgan fingerprint density at radius 2 is 2.33 bits per heavy atom. The van der Waals surface area contributed by atoms with Gasteiger partial charge in [0, 0.05) is 0 Å². The van der Waals surface area contributed by atoms with Crippen LogP contribution in [0.3, 0.4) is 0 Å². The highest BCUT2D eigenvalue weighted by atomic mass is 32.3. The van der Waals surface area contributed by atoms with Crippen LogP contribution in [0.2, 0.25) is 0 Å². The minimum absolute atomic E-state index is 0.215. The maximum Gasteiger partial charge on any atom is 0.186 e. The molecule has 0 bridgehead atoms. The molecule has 0 atom stereocenters. The maximum absolute atomic E-state index is 7.76. The molecule has 0 heterocycles. The lowest BCUT2D eigenvalue weighted by atomic mass is 15.8. The van der Waals surface area contributed by atoms with Gasteiger partial charge in [0.1, 0.15) is 0 Å². The van der Waals surface area contributed by atoms with Gasteiger partial charge in [0.05, 0.1) is 0 Å². The lowest BCUT2D eigenvalue weighted by Crippen LogP contribution is -1.56. The van der Waals surface area contributed by atoms with E-state index < -0.39 is 0 Å². The van der Waals surface area contributed by atoms with Gasteiger partial charge >= 0.3 is 0 Å². The molecule has 0 saturated heterocycles. The van der Waals surface area contributed by atoms with Crippen LogP contribution >= 0.6 is 37.6 Å². The van der Waals surface area contributed by atoms with Crippen molar-refractivity contribution >= 4 is 37.6 Å². The normalized spacial score (nSPS) is 9.00. The van der Waals surface area contributed by atoms with Crippen LogP contribution in [0.4, 0.5) is 0 Å². The Labute approximate surface area is 49.8 Å². The van der Waals surface area contributed by atoms with Crippen LogP contribution in [-0.4, -0.2) is 4.55 Å². The molecular formula is H2O3S3. The quantitative estimate of drug-likeness (QED) is 0.359. The zero-order valence-corrected chi connectivity index (χ0v) is 5.05. The summed E-state index contributed by atoms with van der Waals surface area (Å²) < 4.78 is 15.8. The number of rotatable bonds is 3. The molecule has 0 aromatic heterocycles. The summed E-state index contributed by atoms with van der Waals surface area (Å²) in [5.41, 5.74) is 0. The molecule has 0 aromatic carbocycles. The topological polar surface area (TPSA) is 38.7 Å². The molecule has 0 saturated carbocycles. The summed E-state index contributed by atoms with van der Waals surface area (Å²) in [4.78, 5) is 0. The molecule has 6 heavy (non-hydrogen) atoms. The van der Waals surface area contributed by atoms with E-state index in [0.717, 1.165) is 0 Å². The lowest BCUT2D eigenvalue weighted by Gasteiger charge is -1.84. The van der Waals surface area contributed by atoms with Gasteiger partial charge < -0.3 is 4.55 Å². The van der Waals surface area contributed by atoms with Crippen LogP contribution in [-0.2, 0) is 7.26 Å². The Balaban J connectivity index is 2.34. The molecule has 1 N–H and O–H groups in total. The van der Waals surface area contributed by atoms with Gasteiger partial charge in [0.25, 0.3) is 0 Å². The first-order chi connectivity index (χ1) is 2.91. The summed E-state index contributed by atoms with van der Waals surface area (Å²) in [6.07, 6.45) is 0. The monoisotopic (exact) mass is 146 g/mol. The second-order valence-electron chi connectivity index (χ2n) is 0.285. The Morgan fingerprint density at radius 1 is 1.67 bits per heavy atom. The van der Waals surface area contributed by atoms with Crippen LogP contribution in [0.15, 0.2) is 0 Å². The summed E-state index contributed by atoms with van der Waals surface area (Å²) in [5, 5.41) is 0. The number of thiol groups is 1. The van der Waals surface area contributed by atoms with Crippen LogP contribution in [0.25, 0.3) is 0 Å². The van der Waals surface area contributed by atoms with Gasteiger partial charge in [-0.3, -0.25) is 0 Å². The summed E-state index contributed by atoms with van der Waals surface area (Å²) in [6, 6.07) is 0. The molecule has 3 nitrogen and oxygen atoms in total. The van der Waals surface area contributed by atoms with E-state index >= 15 is 0 Å². The van der Waals surface area contributed by atoms with Crippen molar-refractivity contribution in [3.63, 3.8) is 0 Å². The first kappa shape index (κ1) is 6.93. The van der Waals surface area contributed by atoms with Crippen LogP contribution in [0.5, 0.6) is 0 Å². The molecule has 0 fully saturated rings. The molecule has 38 valence electrons. The van der Waals surface area contributed by atoms with Crippen molar-refractivity contribution in [2.75, 3.05) is 0 Å². The zero-order valence-electron chi connectivity index (χ0n) is 2.53. The van der Waals surface area contributed by atoms with Gasteiger partial charge in [-0.25, -0.2) is 3.63 Å². The van der Waals surface area contributed by atoms with Crippen LogP contribution in [0, 0.1) is 0 Å². The Kier molecular flexibility index (Phi) is 6.85. The van der Waals surface area contributed by atoms with E-state index in [9.17, 15) is 0 Å². The van der Waals surface area contributed by atoms with Crippen molar-refractivity contribution in [1.29, 1.82) is 0 Å². The van der Waals surface area contributed by atoms with Gasteiger partial charge in [-0.05, 0) is 12.9 Å². The van der Waals surface area contributed by atoms with E-state index in [1.165, 1.54) is 0 Å². The highest BCUT2D eigenvalue weighted by molar-refractivity contribution is 8.06. The highest BCUT2D eigenvalue weighted by Crippen LogP contribution is 2.12. The second-order valence-corrected chi connectivity index (χ2v) is 1.71. The van der Waals surface area contributed by atoms with Crippen molar-refractivity contribution in [1.82, 2.24) is 0 Å². The standard InChI is InChI=1S/H2O3S3/c1-5-3-6-2-4/h1,4H. The largest absolute Gasteiger partial charge is 0.306 e. The fourth-order valence-electron chi connectivity index (χ4n) is 0.0248. The molecule has 0 aliphatic rings. The predicted octanol–water partition coefficient (Wildman–Crippen LogP) is 1.55. The van der Waals surface area contributed by atoms with E-state index in [4.69, 9.17) is 4.55 Å². The van der Waals surface area contributed by atoms with Crippen molar-refractivity contribution < 1.29 is 11.8 Å². The van der Waals surface area contributed by atoms with Gasteiger partial charge in [-0.1, -0.05) is 0 Å². The molecule has 0 unspecified atom stereocenters. The Morgan fingerprint density at radius 3 is 2.50 bits per heavy atom. The average Bonchev–Trinajstić information content (AvgIpc) is 1.61. The molecule has 0 aliphatic heterocycles. The minimum atomic E-state index is 0.215. The fraction of sp³-hybridized carbons (Fsp3) is 0. The lowest BCUT2D eigenvalue weighted by molar-refractivity contribution is 0.558. The van der Waals surface area contributed by atoms with Crippen molar-refractivity contribution in [2.45, 2.75) is 0 Å². The van der Waals surface area contributed by atoms with Crippen LogP contribution < -0.4 is 0 Å². The molecule has 6 heteroatoms. The molecule has 0 aliphatic carbocycles. The molecule has 0 amide bonds. The van der Waals surface area contributed by atoms with Crippen molar-refractivity contribution in [3.05, 3.63) is 0 Å². The van der Waals surface area contributed by atoms with Gasteiger partial charge in [0.15, 0.2) is 24.6 Å². The van der Waals surface area contributed by atoms with Gasteiger partial charge in [0.2, 0.25) is 0 Å². The van der Waals surface area contributed by atoms with Crippen molar-refractivity contribution in [2.24, 2.45) is 0 Å². The summed E-state index contributed by atoms with van der Waals surface area (Å²) in [5.74, 6) is 0. The minimum Gasteiger partial charge on any atom is -0.306 e. The smallest absolute Gasteiger partial charge is 0.186 e. The molecule has 0 spiro atoms. The van der Waals surface area contributed by atoms with Crippen molar-refractivity contribution in [3.8, 4) is 0 Å². The first-order valence-corrected chi connectivity index (χ1v) is 2.60.